The van der Waals surface area contributed by atoms with Gasteiger partial charge in [0, 0.05) is 0 Å². The maximum Gasteiger partial charge on any atom is 0.310 e. The molecule has 0 aromatic heterocycles. The molecule has 0 bridgehead atoms. The van der Waals surface area contributed by atoms with E-state index >= 15 is 0 Å². The highest BCUT2D eigenvalue weighted by atomic mass is 32.2. The summed E-state index contributed by atoms with van der Waals surface area (Å²) in [6.07, 6.45) is 0. The van der Waals surface area contributed by atoms with E-state index in [0.717, 1.165) is 6.07 Å². The third-order valence-corrected chi connectivity index (χ3v) is 4.44. The molecule has 0 aliphatic carbocycles. The highest BCUT2D eigenvalue weighted by Gasteiger charge is 2.35. The van der Waals surface area contributed by atoms with Crippen molar-refractivity contribution in [2.45, 2.75) is 18.7 Å². The number of hydrogen-bond donors (Lipinski definition) is 1. The second-order valence-electron chi connectivity index (χ2n) is 4.52. The molecule has 0 spiro atoms. The molecule has 0 heterocycles. The molecular formula is C11H12F2O4S. The number of carbonyl (C=O) groups is 1. The van der Waals surface area contributed by atoms with Crippen molar-refractivity contribution in [3.63, 3.8) is 0 Å². The van der Waals surface area contributed by atoms with Crippen LogP contribution in [0.3, 0.4) is 0 Å². The van der Waals surface area contributed by atoms with E-state index < -0.39 is 43.5 Å². The van der Waals surface area contributed by atoms with Crippen LogP contribution in [0.25, 0.3) is 0 Å². The normalized spacial score (nSPS) is 12.4. The van der Waals surface area contributed by atoms with Gasteiger partial charge in [-0.25, -0.2) is 17.2 Å². The van der Waals surface area contributed by atoms with E-state index in [9.17, 15) is 22.0 Å². The number of carboxylic acids is 1. The van der Waals surface area contributed by atoms with Crippen LogP contribution < -0.4 is 0 Å². The summed E-state index contributed by atoms with van der Waals surface area (Å²) >= 11 is 0. The summed E-state index contributed by atoms with van der Waals surface area (Å²) in [6.45, 7) is 2.40. The number of carboxylic acid groups (broad SMARTS) is 1. The molecule has 0 radical (unpaired) electrons. The fourth-order valence-corrected chi connectivity index (χ4v) is 3.22. The standard InChI is InChI=1S/C11H12F2O4S/c1-11(2,10(14)15)6-18(16,17)9-5-7(12)3-4-8(9)13/h3-5H,6H2,1-2H3,(H,14,15). The zero-order chi connectivity index (χ0) is 14.1. The summed E-state index contributed by atoms with van der Waals surface area (Å²) in [7, 11) is -4.21. The lowest BCUT2D eigenvalue weighted by Crippen LogP contribution is -2.32. The summed E-state index contributed by atoms with van der Waals surface area (Å²) in [6, 6.07) is 2.02. The maximum absolute atomic E-state index is 13.3. The van der Waals surface area contributed by atoms with Gasteiger partial charge in [0.1, 0.15) is 16.5 Å². The second kappa shape index (κ2) is 4.64. The van der Waals surface area contributed by atoms with Crippen molar-refractivity contribution in [3.8, 4) is 0 Å². The molecule has 0 saturated carbocycles. The minimum Gasteiger partial charge on any atom is -0.481 e. The Bertz CT molecular complexity index is 579. The molecule has 0 amide bonds. The number of aliphatic carboxylic acids is 1. The highest BCUT2D eigenvalue weighted by Crippen LogP contribution is 2.25. The van der Waals surface area contributed by atoms with Crippen LogP contribution >= 0.6 is 0 Å². The number of rotatable bonds is 4. The summed E-state index contributed by atoms with van der Waals surface area (Å²) in [5, 5.41) is 8.84. The molecule has 0 saturated heterocycles. The van der Waals surface area contributed by atoms with Gasteiger partial charge in [0.25, 0.3) is 0 Å². The SMILES string of the molecule is CC(C)(CS(=O)(=O)c1cc(F)ccc1F)C(=O)O. The lowest BCUT2D eigenvalue weighted by atomic mass is 9.97. The van der Waals surface area contributed by atoms with Crippen LogP contribution in [0.1, 0.15) is 13.8 Å². The van der Waals surface area contributed by atoms with E-state index in [2.05, 4.69) is 0 Å². The Morgan fingerprint density at radius 1 is 1.33 bits per heavy atom. The monoisotopic (exact) mass is 278 g/mol. The predicted molar refractivity (Wildman–Crippen MR) is 59.8 cm³/mol. The quantitative estimate of drug-likeness (QED) is 0.912. The first-order valence-corrected chi connectivity index (χ1v) is 6.63. The Morgan fingerprint density at radius 2 is 1.89 bits per heavy atom. The lowest BCUT2D eigenvalue weighted by molar-refractivity contribution is -0.145. The number of sulfone groups is 1. The molecule has 1 aromatic carbocycles. The van der Waals surface area contributed by atoms with Crippen molar-refractivity contribution in [3.05, 3.63) is 29.8 Å². The smallest absolute Gasteiger partial charge is 0.310 e. The first kappa shape index (κ1) is 14.6. The third-order valence-electron chi connectivity index (χ3n) is 2.36. The van der Waals surface area contributed by atoms with Crippen molar-refractivity contribution in [1.29, 1.82) is 0 Å². The molecule has 0 aliphatic rings. The van der Waals surface area contributed by atoms with Crippen LogP contribution in [-0.2, 0) is 14.6 Å². The summed E-state index contributed by atoms with van der Waals surface area (Å²) in [4.78, 5) is 10.0. The van der Waals surface area contributed by atoms with Crippen molar-refractivity contribution >= 4 is 15.8 Å². The van der Waals surface area contributed by atoms with Crippen LogP contribution in [0.5, 0.6) is 0 Å². The molecule has 18 heavy (non-hydrogen) atoms. The topological polar surface area (TPSA) is 71.4 Å². The van der Waals surface area contributed by atoms with E-state index in [1.165, 1.54) is 13.8 Å². The predicted octanol–water partition coefficient (Wildman–Crippen LogP) is 1.85. The van der Waals surface area contributed by atoms with Crippen molar-refractivity contribution in [1.82, 2.24) is 0 Å². The molecule has 1 N–H and O–H groups in total. The van der Waals surface area contributed by atoms with Crippen molar-refractivity contribution in [2.75, 3.05) is 5.75 Å². The average molecular weight is 278 g/mol. The van der Waals surface area contributed by atoms with Gasteiger partial charge in [0.2, 0.25) is 0 Å². The summed E-state index contributed by atoms with van der Waals surface area (Å²) in [5.41, 5.74) is -1.59. The van der Waals surface area contributed by atoms with Gasteiger partial charge in [0.15, 0.2) is 9.84 Å². The van der Waals surface area contributed by atoms with Crippen LogP contribution in [0.15, 0.2) is 23.1 Å². The van der Waals surface area contributed by atoms with Crippen LogP contribution in [0, 0.1) is 17.0 Å². The van der Waals surface area contributed by atoms with Crippen molar-refractivity contribution in [2.24, 2.45) is 5.41 Å². The first-order chi connectivity index (χ1) is 8.06. The molecule has 7 heteroatoms. The minimum absolute atomic E-state index is 0.544. The molecule has 0 unspecified atom stereocenters. The highest BCUT2D eigenvalue weighted by molar-refractivity contribution is 7.91. The Kier molecular flexibility index (Phi) is 3.75. The number of halogens is 2. The molecule has 0 atom stereocenters. The number of benzene rings is 1. The first-order valence-electron chi connectivity index (χ1n) is 4.97. The molecule has 0 fully saturated rings. The largest absolute Gasteiger partial charge is 0.481 e. The van der Waals surface area contributed by atoms with E-state index in [0.29, 0.717) is 12.1 Å². The van der Waals surface area contributed by atoms with Crippen LogP contribution in [-0.4, -0.2) is 25.2 Å². The van der Waals surface area contributed by atoms with E-state index in [1.807, 2.05) is 0 Å². The Morgan fingerprint density at radius 3 is 2.39 bits per heavy atom. The second-order valence-corrected chi connectivity index (χ2v) is 6.48. The minimum atomic E-state index is -4.21. The third kappa shape index (κ3) is 3.04. The fourth-order valence-electron chi connectivity index (χ4n) is 1.33. The van der Waals surface area contributed by atoms with Gasteiger partial charge < -0.3 is 5.11 Å². The Labute approximate surface area is 103 Å². The Hall–Kier alpha value is -1.50. The molecule has 4 nitrogen and oxygen atoms in total. The van der Waals surface area contributed by atoms with E-state index in [-0.39, 0.29) is 0 Å². The Balaban J connectivity index is 3.23. The van der Waals surface area contributed by atoms with E-state index in [1.54, 1.807) is 0 Å². The summed E-state index contributed by atoms with van der Waals surface area (Å²) in [5.74, 6) is -4.14. The van der Waals surface area contributed by atoms with Gasteiger partial charge in [-0.1, -0.05) is 0 Å². The van der Waals surface area contributed by atoms with Gasteiger partial charge in [0.05, 0.1) is 11.2 Å². The maximum atomic E-state index is 13.3. The molecule has 0 aliphatic heterocycles. The van der Waals surface area contributed by atoms with Gasteiger partial charge >= 0.3 is 5.97 Å². The summed E-state index contributed by atoms with van der Waals surface area (Å²) < 4.78 is 50.0. The molecule has 1 aromatic rings. The number of hydrogen-bond acceptors (Lipinski definition) is 3. The van der Waals surface area contributed by atoms with Crippen LogP contribution in [0.2, 0.25) is 0 Å². The molecule has 100 valence electrons. The van der Waals surface area contributed by atoms with Gasteiger partial charge in [-0.2, -0.15) is 0 Å². The molecule has 1 rings (SSSR count). The van der Waals surface area contributed by atoms with Crippen molar-refractivity contribution < 1.29 is 27.1 Å². The fraction of sp³-hybridized carbons (Fsp3) is 0.364. The van der Waals surface area contributed by atoms with Gasteiger partial charge in [-0.3, -0.25) is 4.79 Å². The van der Waals surface area contributed by atoms with Gasteiger partial charge in [-0.15, -0.1) is 0 Å². The lowest BCUT2D eigenvalue weighted by Gasteiger charge is -2.19. The molecular weight excluding hydrogens is 266 g/mol. The average Bonchev–Trinajstić information content (AvgIpc) is 2.19. The zero-order valence-electron chi connectivity index (χ0n) is 9.78. The van der Waals surface area contributed by atoms with Gasteiger partial charge in [-0.05, 0) is 32.0 Å². The zero-order valence-corrected chi connectivity index (χ0v) is 10.6. The van der Waals surface area contributed by atoms with Crippen LogP contribution in [0.4, 0.5) is 8.78 Å². The van der Waals surface area contributed by atoms with E-state index in [4.69, 9.17) is 5.11 Å².